The van der Waals surface area contributed by atoms with Gasteiger partial charge in [0.15, 0.2) is 5.54 Å². The number of amides is 1. The van der Waals surface area contributed by atoms with Crippen LogP contribution in [-0.4, -0.2) is 17.4 Å². The predicted octanol–water partition coefficient (Wildman–Crippen LogP) is 3.15. The van der Waals surface area contributed by atoms with E-state index in [2.05, 4.69) is 16.0 Å². The van der Waals surface area contributed by atoms with Gasteiger partial charge in [0.2, 0.25) is 5.91 Å². The molecule has 23 heavy (non-hydrogen) atoms. The molecule has 1 saturated heterocycles. The molecule has 3 N–H and O–H groups in total. The number of nitrogens with one attached hydrogen (secondary N) is 1. The van der Waals surface area contributed by atoms with Crippen molar-refractivity contribution >= 4 is 22.5 Å². The van der Waals surface area contributed by atoms with Gasteiger partial charge in [-0.25, -0.2) is 0 Å². The molecule has 2 aromatic carbocycles. The second-order valence-corrected chi connectivity index (χ2v) is 6.09. The van der Waals surface area contributed by atoms with Crippen LogP contribution in [0.5, 0.6) is 0 Å². The second-order valence-electron chi connectivity index (χ2n) is 6.09. The molecular weight excluding hydrogens is 286 g/mol. The zero-order valence-corrected chi connectivity index (χ0v) is 12.8. The average Bonchev–Trinajstić information content (AvgIpc) is 3.20. The first-order valence-electron chi connectivity index (χ1n) is 7.93. The number of fused-ring (bicyclic) bond motifs is 1. The quantitative estimate of drug-likeness (QED) is 0.781. The summed E-state index contributed by atoms with van der Waals surface area (Å²) in [6, 6.07) is 20.1. The maximum atomic E-state index is 12.5. The van der Waals surface area contributed by atoms with Crippen molar-refractivity contribution in [1.29, 1.82) is 0 Å². The summed E-state index contributed by atoms with van der Waals surface area (Å²) in [6.07, 6.45) is 1.66. The number of benzene rings is 2. The van der Waals surface area contributed by atoms with Crippen LogP contribution < -0.4 is 10.6 Å². The minimum Gasteiger partial charge on any atom is -0.367 e. The number of rotatable bonds is 3. The molecule has 4 rings (SSSR count). The van der Waals surface area contributed by atoms with Crippen LogP contribution in [0.1, 0.15) is 18.5 Å². The first-order chi connectivity index (χ1) is 11.2. The number of nitrogens with zero attached hydrogens (tertiary/aromatic N) is 1. The number of carbonyl (C=O) groups is 1. The molecule has 0 radical (unpaired) electrons. The molecule has 1 fully saturated rings. The molecule has 1 amide bonds. The van der Waals surface area contributed by atoms with E-state index in [4.69, 9.17) is 5.73 Å². The van der Waals surface area contributed by atoms with Crippen LogP contribution in [0.15, 0.2) is 60.7 Å². The molecule has 1 unspecified atom stereocenters. The number of aromatic nitrogens is 1. The van der Waals surface area contributed by atoms with Crippen LogP contribution in [0, 0.1) is 0 Å². The molecule has 0 spiro atoms. The lowest BCUT2D eigenvalue weighted by atomic mass is 9.90. The summed E-state index contributed by atoms with van der Waals surface area (Å²) in [5.41, 5.74) is 8.05. The van der Waals surface area contributed by atoms with Gasteiger partial charge in [0, 0.05) is 17.7 Å². The minimum absolute atomic E-state index is 0.301. The fraction of sp³-hybridized carbons (Fsp3) is 0.211. The van der Waals surface area contributed by atoms with Crippen LogP contribution in [-0.2, 0) is 10.3 Å². The van der Waals surface area contributed by atoms with Crippen molar-refractivity contribution in [3.05, 3.63) is 66.4 Å². The van der Waals surface area contributed by atoms with Crippen molar-refractivity contribution in [1.82, 2.24) is 4.98 Å². The average molecular weight is 305 g/mol. The van der Waals surface area contributed by atoms with Gasteiger partial charge in [-0.1, -0.05) is 36.4 Å². The van der Waals surface area contributed by atoms with E-state index >= 15 is 0 Å². The maximum absolute atomic E-state index is 12.5. The molecule has 1 aromatic heterocycles. The van der Waals surface area contributed by atoms with Crippen LogP contribution in [0.2, 0.25) is 0 Å². The normalized spacial score (nSPS) is 21.0. The Bertz CT molecular complexity index is 822. The van der Waals surface area contributed by atoms with E-state index in [-0.39, 0.29) is 5.91 Å². The van der Waals surface area contributed by atoms with Gasteiger partial charge in [-0.15, -0.1) is 0 Å². The fourth-order valence-corrected chi connectivity index (χ4v) is 3.74. The maximum Gasteiger partial charge on any atom is 0.249 e. The third-order valence-electron chi connectivity index (χ3n) is 4.83. The largest absolute Gasteiger partial charge is 0.367 e. The van der Waals surface area contributed by atoms with Crippen LogP contribution in [0.4, 0.5) is 5.69 Å². The van der Waals surface area contributed by atoms with E-state index < -0.39 is 5.54 Å². The van der Waals surface area contributed by atoms with Crippen LogP contribution in [0.3, 0.4) is 0 Å². The number of H-pyrrole nitrogens is 1. The molecule has 4 heteroatoms. The molecule has 4 nitrogen and oxygen atoms in total. The number of nitrogens with two attached hydrogens (primary N) is 1. The lowest BCUT2D eigenvalue weighted by Crippen LogP contribution is -2.51. The summed E-state index contributed by atoms with van der Waals surface area (Å²) >= 11 is 0. The number of primary amides is 1. The lowest BCUT2D eigenvalue weighted by Gasteiger charge is -2.36. The molecule has 1 aliphatic heterocycles. The molecule has 1 atom stereocenters. The second kappa shape index (κ2) is 5.16. The molecule has 0 saturated carbocycles. The molecule has 0 aliphatic carbocycles. The zero-order chi connectivity index (χ0) is 15.9. The number of aromatic amines is 1. The highest BCUT2D eigenvalue weighted by molar-refractivity contribution is 5.92. The van der Waals surface area contributed by atoms with E-state index in [1.807, 2.05) is 54.6 Å². The summed E-state index contributed by atoms with van der Waals surface area (Å²) in [6.45, 7) is 0.822. The summed E-state index contributed by atoms with van der Waals surface area (Å²) < 4.78 is 0. The summed E-state index contributed by atoms with van der Waals surface area (Å²) in [5.74, 6) is -0.301. The Morgan fingerprint density at radius 2 is 1.83 bits per heavy atom. The number of hydrogen-bond donors (Lipinski definition) is 2. The van der Waals surface area contributed by atoms with E-state index in [9.17, 15) is 4.79 Å². The third-order valence-corrected chi connectivity index (χ3v) is 4.83. The number of anilines is 1. The summed E-state index contributed by atoms with van der Waals surface area (Å²) in [7, 11) is 0. The molecular formula is C19H19N3O. The van der Waals surface area contributed by atoms with Crippen molar-refractivity contribution in [3.8, 4) is 0 Å². The Balaban J connectivity index is 1.90. The lowest BCUT2D eigenvalue weighted by molar-refractivity contribution is -0.123. The van der Waals surface area contributed by atoms with E-state index in [1.165, 1.54) is 0 Å². The Morgan fingerprint density at radius 1 is 1.09 bits per heavy atom. The Morgan fingerprint density at radius 3 is 2.57 bits per heavy atom. The molecule has 1 aliphatic rings. The smallest absolute Gasteiger partial charge is 0.249 e. The number of carbonyl (C=O) groups excluding carboxylic acids is 1. The van der Waals surface area contributed by atoms with Crippen molar-refractivity contribution < 1.29 is 4.79 Å². The first kappa shape index (κ1) is 13.9. The van der Waals surface area contributed by atoms with Crippen molar-refractivity contribution in [2.45, 2.75) is 18.4 Å². The van der Waals surface area contributed by atoms with Gasteiger partial charge in [0.05, 0.1) is 5.69 Å². The Hall–Kier alpha value is -2.75. The van der Waals surface area contributed by atoms with Gasteiger partial charge in [0.1, 0.15) is 0 Å². The number of hydrogen-bond acceptors (Lipinski definition) is 2. The highest BCUT2D eigenvalue weighted by Crippen LogP contribution is 2.42. The van der Waals surface area contributed by atoms with Gasteiger partial charge < -0.3 is 15.6 Å². The van der Waals surface area contributed by atoms with Gasteiger partial charge in [-0.3, -0.25) is 4.79 Å². The molecule has 0 bridgehead atoms. The Labute approximate surface area is 134 Å². The first-order valence-corrected chi connectivity index (χ1v) is 7.93. The monoisotopic (exact) mass is 305 g/mol. The highest BCUT2D eigenvalue weighted by Gasteiger charge is 2.48. The molecule has 3 aromatic rings. The van der Waals surface area contributed by atoms with Gasteiger partial charge in [-0.2, -0.15) is 0 Å². The van der Waals surface area contributed by atoms with Gasteiger partial charge in [0.25, 0.3) is 0 Å². The Kier molecular flexibility index (Phi) is 3.11. The van der Waals surface area contributed by atoms with E-state index in [0.717, 1.165) is 41.7 Å². The van der Waals surface area contributed by atoms with Crippen molar-refractivity contribution in [3.63, 3.8) is 0 Å². The van der Waals surface area contributed by atoms with Crippen LogP contribution >= 0.6 is 0 Å². The van der Waals surface area contributed by atoms with E-state index in [0.29, 0.717) is 0 Å². The van der Waals surface area contributed by atoms with Gasteiger partial charge >= 0.3 is 0 Å². The highest BCUT2D eigenvalue weighted by atomic mass is 16.1. The van der Waals surface area contributed by atoms with Crippen molar-refractivity contribution in [2.75, 3.05) is 11.4 Å². The third kappa shape index (κ3) is 2.02. The summed E-state index contributed by atoms with van der Waals surface area (Å²) in [4.78, 5) is 18.1. The summed E-state index contributed by atoms with van der Waals surface area (Å²) in [5, 5.41) is 1.10. The number of para-hydroxylation sites is 2. The van der Waals surface area contributed by atoms with E-state index in [1.54, 1.807) is 0 Å². The minimum atomic E-state index is -0.805. The SMILES string of the molecule is NC(=O)C1(c2cc3ccccc3[nH]2)CCCN1c1ccccc1. The standard InChI is InChI=1S/C19H19N3O/c20-18(23)19(17-13-14-7-4-5-10-16(14)21-17)11-6-12-22(19)15-8-2-1-3-9-15/h1-5,7-10,13,21H,6,11-12H2,(H2,20,23). The van der Waals surface area contributed by atoms with Gasteiger partial charge in [-0.05, 0) is 42.5 Å². The van der Waals surface area contributed by atoms with Crippen molar-refractivity contribution in [2.24, 2.45) is 5.73 Å². The van der Waals surface area contributed by atoms with Crippen LogP contribution in [0.25, 0.3) is 10.9 Å². The topological polar surface area (TPSA) is 62.1 Å². The predicted molar refractivity (Wildman–Crippen MR) is 92.2 cm³/mol. The zero-order valence-electron chi connectivity index (χ0n) is 12.8. The molecule has 116 valence electrons. The molecule has 2 heterocycles. The fourth-order valence-electron chi connectivity index (χ4n) is 3.74.